The van der Waals surface area contributed by atoms with E-state index in [2.05, 4.69) is 15.3 Å². The van der Waals surface area contributed by atoms with E-state index in [1.54, 1.807) is 36.5 Å². The minimum Gasteiger partial charge on any atom is -0.439 e. The Morgan fingerprint density at radius 3 is 2.67 bits per heavy atom. The first-order valence-corrected chi connectivity index (χ1v) is 9.04. The van der Waals surface area contributed by atoms with Gasteiger partial charge in [0.2, 0.25) is 5.88 Å². The van der Waals surface area contributed by atoms with Gasteiger partial charge < -0.3 is 10.1 Å². The van der Waals surface area contributed by atoms with Crippen LogP contribution in [0.2, 0.25) is 0 Å². The molecule has 0 bridgehead atoms. The van der Waals surface area contributed by atoms with Gasteiger partial charge in [0.25, 0.3) is 5.91 Å². The zero-order valence-corrected chi connectivity index (χ0v) is 15.8. The minimum atomic E-state index is -0.113. The number of nitrogens with zero attached hydrogens (tertiary/aromatic N) is 2. The van der Waals surface area contributed by atoms with Crippen LogP contribution in [0.5, 0.6) is 11.6 Å². The lowest BCUT2D eigenvalue weighted by Gasteiger charge is -2.12. The van der Waals surface area contributed by atoms with Crippen molar-refractivity contribution in [1.82, 2.24) is 15.3 Å². The van der Waals surface area contributed by atoms with Gasteiger partial charge in [0, 0.05) is 29.4 Å². The fraction of sp³-hybridized carbons (Fsp3) is 0.227. The molecule has 3 aromatic rings. The van der Waals surface area contributed by atoms with Gasteiger partial charge in [-0.3, -0.25) is 4.79 Å². The monoisotopic (exact) mass is 361 g/mol. The van der Waals surface area contributed by atoms with E-state index >= 15 is 0 Å². The predicted octanol–water partition coefficient (Wildman–Crippen LogP) is 4.77. The maximum absolute atomic E-state index is 12.3. The first kappa shape index (κ1) is 18.6. The predicted molar refractivity (Wildman–Crippen MR) is 106 cm³/mol. The molecular weight excluding hydrogens is 338 g/mol. The average molecular weight is 361 g/mol. The van der Waals surface area contributed by atoms with Crippen LogP contribution in [-0.2, 0) is 0 Å². The van der Waals surface area contributed by atoms with Gasteiger partial charge in [0.05, 0.1) is 0 Å². The highest BCUT2D eigenvalue weighted by atomic mass is 16.5. The van der Waals surface area contributed by atoms with Crippen molar-refractivity contribution in [3.05, 3.63) is 71.9 Å². The normalized spacial score (nSPS) is 11.7. The number of hydrogen-bond donors (Lipinski definition) is 1. The fourth-order valence-corrected chi connectivity index (χ4v) is 2.47. The molecule has 1 aromatic heterocycles. The van der Waals surface area contributed by atoms with E-state index in [4.69, 9.17) is 4.74 Å². The fourth-order valence-electron chi connectivity index (χ4n) is 2.47. The van der Waals surface area contributed by atoms with E-state index in [1.807, 2.05) is 45.0 Å². The van der Waals surface area contributed by atoms with Crippen LogP contribution in [0.4, 0.5) is 0 Å². The van der Waals surface area contributed by atoms with Crippen molar-refractivity contribution in [3.63, 3.8) is 0 Å². The molecule has 5 nitrogen and oxygen atoms in total. The number of rotatable bonds is 6. The summed E-state index contributed by atoms with van der Waals surface area (Å²) in [7, 11) is 0. The van der Waals surface area contributed by atoms with Crippen LogP contribution in [0.25, 0.3) is 11.4 Å². The summed E-state index contributed by atoms with van der Waals surface area (Å²) in [5.74, 6) is 1.47. The van der Waals surface area contributed by atoms with Gasteiger partial charge in [-0.2, -0.15) is 4.98 Å². The lowest BCUT2D eigenvalue weighted by atomic mass is 10.1. The molecule has 5 heteroatoms. The summed E-state index contributed by atoms with van der Waals surface area (Å²) in [6.07, 6.45) is 2.54. The smallest absolute Gasteiger partial charge is 0.251 e. The quantitative estimate of drug-likeness (QED) is 0.687. The molecule has 1 unspecified atom stereocenters. The molecule has 0 fully saturated rings. The molecule has 0 aliphatic carbocycles. The molecule has 0 radical (unpaired) electrons. The summed E-state index contributed by atoms with van der Waals surface area (Å²) in [5.41, 5.74) is 2.66. The molecule has 0 aliphatic rings. The lowest BCUT2D eigenvalue weighted by molar-refractivity contribution is 0.0939. The van der Waals surface area contributed by atoms with Gasteiger partial charge in [-0.25, -0.2) is 4.98 Å². The third-order valence-electron chi connectivity index (χ3n) is 4.25. The van der Waals surface area contributed by atoms with Crippen LogP contribution >= 0.6 is 0 Å². The number of hydrogen-bond acceptors (Lipinski definition) is 4. The van der Waals surface area contributed by atoms with Gasteiger partial charge in [-0.1, -0.05) is 42.8 Å². The van der Waals surface area contributed by atoms with Crippen molar-refractivity contribution >= 4 is 5.91 Å². The Morgan fingerprint density at radius 1 is 1.15 bits per heavy atom. The third kappa shape index (κ3) is 4.91. The Bertz CT molecular complexity index is 923. The van der Waals surface area contributed by atoms with Crippen LogP contribution in [0.1, 0.15) is 36.2 Å². The van der Waals surface area contributed by atoms with Gasteiger partial charge in [0.15, 0.2) is 5.82 Å². The Labute approximate surface area is 159 Å². The second kappa shape index (κ2) is 8.45. The van der Waals surface area contributed by atoms with Crippen LogP contribution in [-0.4, -0.2) is 21.9 Å². The molecule has 138 valence electrons. The molecule has 2 aromatic carbocycles. The Kier molecular flexibility index (Phi) is 5.81. The van der Waals surface area contributed by atoms with E-state index in [0.717, 1.165) is 12.0 Å². The maximum atomic E-state index is 12.3. The molecule has 1 atom stereocenters. The van der Waals surface area contributed by atoms with E-state index in [-0.39, 0.29) is 11.9 Å². The van der Waals surface area contributed by atoms with Crippen LogP contribution in [0, 0.1) is 6.92 Å². The number of nitrogens with one attached hydrogen (secondary N) is 1. The number of amides is 1. The minimum absolute atomic E-state index is 0.113. The topological polar surface area (TPSA) is 64.1 Å². The third-order valence-corrected chi connectivity index (χ3v) is 4.25. The Hall–Kier alpha value is -3.21. The van der Waals surface area contributed by atoms with E-state index in [9.17, 15) is 4.79 Å². The van der Waals surface area contributed by atoms with Crippen molar-refractivity contribution in [2.24, 2.45) is 0 Å². The van der Waals surface area contributed by atoms with Gasteiger partial charge in [-0.15, -0.1) is 0 Å². The Balaban J connectivity index is 1.77. The number of carbonyl (C=O) groups is 1. The highest BCUT2D eigenvalue weighted by Crippen LogP contribution is 2.23. The van der Waals surface area contributed by atoms with E-state index in [0.29, 0.717) is 23.0 Å². The van der Waals surface area contributed by atoms with Gasteiger partial charge >= 0.3 is 0 Å². The number of aryl methyl sites for hydroxylation is 1. The number of carbonyl (C=O) groups excluding carboxylic acids is 1. The summed E-state index contributed by atoms with van der Waals surface area (Å²) in [4.78, 5) is 21.1. The summed E-state index contributed by atoms with van der Waals surface area (Å²) < 4.78 is 5.86. The molecule has 0 saturated carbocycles. The standard InChI is InChI=1S/C22H23N3O2/c1-4-16(3)24-22(26)18-6-5-7-19(14-18)27-20-12-13-23-21(25-20)17-10-8-15(2)9-11-17/h5-14,16H,4H2,1-3H3,(H,24,26). The SMILES string of the molecule is CCC(C)NC(=O)c1cccc(Oc2ccnc(-c3ccc(C)cc3)n2)c1. The van der Waals surface area contributed by atoms with Crippen molar-refractivity contribution < 1.29 is 9.53 Å². The second-order valence-electron chi connectivity index (χ2n) is 6.50. The molecule has 0 aliphatic heterocycles. The zero-order valence-electron chi connectivity index (χ0n) is 15.8. The summed E-state index contributed by atoms with van der Waals surface area (Å²) in [5, 5.41) is 2.95. The van der Waals surface area contributed by atoms with Gasteiger partial charge in [0.1, 0.15) is 5.75 Å². The number of ether oxygens (including phenoxy) is 1. The highest BCUT2D eigenvalue weighted by molar-refractivity contribution is 5.94. The van der Waals surface area contributed by atoms with Crippen molar-refractivity contribution in [3.8, 4) is 23.0 Å². The van der Waals surface area contributed by atoms with Crippen molar-refractivity contribution in [2.45, 2.75) is 33.2 Å². The highest BCUT2D eigenvalue weighted by Gasteiger charge is 2.10. The largest absolute Gasteiger partial charge is 0.439 e. The van der Waals surface area contributed by atoms with E-state index in [1.165, 1.54) is 5.56 Å². The second-order valence-corrected chi connectivity index (χ2v) is 6.50. The molecule has 27 heavy (non-hydrogen) atoms. The number of benzene rings is 2. The first-order chi connectivity index (χ1) is 13.0. The van der Waals surface area contributed by atoms with Gasteiger partial charge in [-0.05, 0) is 38.5 Å². The summed E-state index contributed by atoms with van der Waals surface area (Å²) >= 11 is 0. The molecule has 1 amide bonds. The maximum Gasteiger partial charge on any atom is 0.251 e. The summed E-state index contributed by atoms with van der Waals surface area (Å²) in [6, 6.07) is 16.9. The molecule has 0 saturated heterocycles. The average Bonchev–Trinajstić information content (AvgIpc) is 2.69. The molecule has 1 heterocycles. The van der Waals surface area contributed by atoms with Crippen LogP contribution in [0.15, 0.2) is 60.8 Å². The van der Waals surface area contributed by atoms with E-state index < -0.39 is 0 Å². The van der Waals surface area contributed by atoms with Crippen molar-refractivity contribution in [1.29, 1.82) is 0 Å². The zero-order chi connectivity index (χ0) is 19.2. The molecule has 0 spiro atoms. The Morgan fingerprint density at radius 2 is 1.93 bits per heavy atom. The molecule has 1 N–H and O–H groups in total. The first-order valence-electron chi connectivity index (χ1n) is 9.04. The molecular formula is C22H23N3O2. The van der Waals surface area contributed by atoms with Crippen LogP contribution < -0.4 is 10.1 Å². The summed E-state index contributed by atoms with van der Waals surface area (Å²) in [6.45, 7) is 6.05. The van der Waals surface area contributed by atoms with Crippen molar-refractivity contribution in [2.75, 3.05) is 0 Å². The number of aromatic nitrogens is 2. The van der Waals surface area contributed by atoms with Crippen LogP contribution in [0.3, 0.4) is 0 Å². The molecule has 3 rings (SSSR count). The lowest BCUT2D eigenvalue weighted by Crippen LogP contribution is -2.31.